The molecule has 0 aromatic rings. The van der Waals surface area contributed by atoms with Gasteiger partial charge in [-0.1, -0.05) is 12.8 Å². The van der Waals surface area contributed by atoms with Crippen molar-refractivity contribution in [3.8, 4) is 6.07 Å². The third kappa shape index (κ3) is 2.56. The molecule has 1 N–H and O–H groups in total. The van der Waals surface area contributed by atoms with Gasteiger partial charge < -0.3 is 5.32 Å². The summed E-state index contributed by atoms with van der Waals surface area (Å²) in [6, 6.07) is 4.17. The molecule has 0 bridgehead atoms. The molecule has 2 aliphatic rings. The fraction of sp³-hybridized carbons (Fsp3) is 0.923. The zero-order valence-electron chi connectivity index (χ0n) is 10.3. The van der Waals surface area contributed by atoms with Crippen molar-refractivity contribution in [2.75, 3.05) is 13.1 Å². The monoisotopic (exact) mass is 221 g/mol. The molecule has 1 saturated carbocycles. The van der Waals surface area contributed by atoms with Crippen molar-refractivity contribution in [3.63, 3.8) is 0 Å². The first-order valence-electron chi connectivity index (χ1n) is 6.68. The van der Waals surface area contributed by atoms with Crippen LogP contribution in [-0.2, 0) is 0 Å². The van der Waals surface area contributed by atoms with Crippen LogP contribution in [0.15, 0.2) is 0 Å². The first-order valence-corrected chi connectivity index (χ1v) is 6.68. The van der Waals surface area contributed by atoms with Gasteiger partial charge in [-0.3, -0.25) is 4.90 Å². The summed E-state index contributed by atoms with van der Waals surface area (Å²) in [5.41, 5.74) is 0. The molecule has 0 radical (unpaired) electrons. The third-order valence-corrected chi connectivity index (χ3v) is 4.12. The highest BCUT2D eigenvalue weighted by molar-refractivity contribution is 4.93. The number of nitriles is 1. The minimum Gasteiger partial charge on any atom is -0.315 e. The Labute approximate surface area is 98.8 Å². The second kappa shape index (κ2) is 5.65. The minimum absolute atomic E-state index is 0.436. The van der Waals surface area contributed by atoms with Gasteiger partial charge in [-0.15, -0.1) is 0 Å². The van der Waals surface area contributed by atoms with Gasteiger partial charge in [-0.25, -0.2) is 0 Å². The third-order valence-electron chi connectivity index (χ3n) is 4.12. The fourth-order valence-electron chi connectivity index (χ4n) is 3.34. The second-order valence-corrected chi connectivity index (χ2v) is 5.24. The highest BCUT2D eigenvalue weighted by atomic mass is 15.2. The van der Waals surface area contributed by atoms with Crippen LogP contribution >= 0.6 is 0 Å². The van der Waals surface area contributed by atoms with E-state index in [0.29, 0.717) is 18.5 Å². The Hall–Kier alpha value is -0.590. The Kier molecular flexibility index (Phi) is 4.20. The molecular formula is C13H23N3. The lowest BCUT2D eigenvalue weighted by Crippen LogP contribution is -2.48. The lowest BCUT2D eigenvalue weighted by Gasteiger charge is -2.38. The predicted molar refractivity (Wildman–Crippen MR) is 65.1 cm³/mol. The zero-order valence-corrected chi connectivity index (χ0v) is 10.3. The van der Waals surface area contributed by atoms with E-state index in [2.05, 4.69) is 23.2 Å². The highest BCUT2D eigenvalue weighted by Gasteiger charge is 2.33. The fourth-order valence-corrected chi connectivity index (χ4v) is 3.34. The molecule has 2 atom stereocenters. The molecule has 3 heteroatoms. The number of hydrogen-bond donors (Lipinski definition) is 1. The summed E-state index contributed by atoms with van der Waals surface area (Å²) in [4.78, 5) is 2.65. The average Bonchev–Trinajstić information content (AvgIpc) is 2.72. The van der Waals surface area contributed by atoms with E-state index >= 15 is 0 Å². The molecule has 0 aromatic carbocycles. The van der Waals surface area contributed by atoms with E-state index in [1.165, 1.54) is 32.1 Å². The molecule has 90 valence electrons. The maximum Gasteiger partial charge on any atom is 0.0638 e. The summed E-state index contributed by atoms with van der Waals surface area (Å²) < 4.78 is 0. The Balaban J connectivity index is 2.08. The Morgan fingerprint density at radius 1 is 1.31 bits per heavy atom. The summed E-state index contributed by atoms with van der Waals surface area (Å²) in [7, 11) is 0. The highest BCUT2D eigenvalue weighted by Crippen LogP contribution is 2.29. The molecule has 0 spiro atoms. The second-order valence-electron chi connectivity index (χ2n) is 5.24. The molecule has 1 aliphatic heterocycles. The van der Waals surface area contributed by atoms with E-state index in [-0.39, 0.29) is 0 Å². The minimum atomic E-state index is 0.436. The van der Waals surface area contributed by atoms with Gasteiger partial charge in [0.15, 0.2) is 0 Å². The van der Waals surface area contributed by atoms with E-state index in [1.807, 2.05) is 0 Å². The SMILES string of the molecule is CC1CCNCC(CC#N)N1C1CCCC1. The van der Waals surface area contributed by atoms with Crippen molar-refractivity contribution >= 4 is 0 Å². The number of rotatable bonds is 2. The maximum atomic E-state index is 8.95. The van der Waals surface area contributed by atoms with Crippen LogP contribution in [0.3, 0.4) is 0 Å². The van der Waals surface area contributed by atoms with Gasteiger partial charge in [0.1, 0.15) is 0 Å². The molecule has 2 rings (SSSR count). The molecule has 2 fully saturated rings. The first-order chi connectivity index (χ1) is 7.83. The molecule has 1 aliphatic carbocycles. The number of hydrogen-bond acceptors (Lipinski definition) is 3. The van der Waals surface area contributed by atoms with Crippen LogP contribution in [0.4, 0.5) is 0 Å². The van der Waals surface area contributed by atoms with Gasteiger partial charge in [-0.2, -0.15) is 5.26 Å². The van der Waals surface area contributed by atoms with E-state index in [1.54, 1.807) is 0 Å². The van der Waals surface area contributed by atoms with E-state index in [0.717, 1.165) is 19.1 Å². The van der Waals surface area contributed by atoms with Crippen molar-refractivity contribution in [2.24, 2.45) is 0 Å². The van der Waals surface area contributed by atoms with Crippen molar-refractivity contribution < 1.29 is 0 Å². The van der Waals surface area contributed by atoms with Crippen LogP contribution in [0.1, 0.15) is 45.4 Å². The first kappa shape index (κ1) is 11.9. The van der Waals surface area contributed by atoms with Gasteiger partial charge in [0.25, 0.3) is 0 Å². The lowest BCUT2D eigenvalue weighted by molar-refractivity contribution is 0.0988. The largest absolute Gasteiger partial charge is 0.315 e. The molecule has 3 nitrogen and oxygen atoms in total. The van der Waals surface area contributed by atoms with Crippen LogP contribution in [0.2, 0.25) is 0 Å². The van der Waals surface area contributed by atoms with Crippen LogP contribution in [0, 0.1) is 11.3 Å². The van der Waals surface area contributed by atoms with Crippen LogP contribution < -0.4 is 5.32 Å². The molecule has 0 aromatic heterocycles. The zero-order chi connectivity index (χ0) is 11.4. The number of nitrogens with zero attached hydrogens (tertiary/aromatic N) is 2. The smallest absolute Gasteiger partial charge is 0.0638 e. The molecule has 16 heavy (non-hydrogen) atoms. The van der Waals surface area contributed by atoms with Gasteiger partial charge in [0.05, 0.1) is 12.5 Å². The average molecular weight is 221 g/mol. The molecule has 1 heterocycles. The predicted octanol–water partition coefficient (Wildman–Crippen LogP) is 1.90. The Bertz CT molecular complexity index is 252. The summed E-state index contributed by atoms with van der Waals surface area (Å²) in [6.45, 7) is 4.43. The quantitative estimate of drug-likeness (QED) is 0.774. The maximum absolute atomic E-state index is 8.95. The molecular weight excluding hydrogens is 198 g/mol. The van der Waals surface area contributed by atoms with Gasteiger partial charge in [0, 0.05) is 24.7 Å². The topological polar surface area (TPSA) is 39.1 Å². The summed E-state index contributed by atoms with van der Waals surface area (Å²) in [5.74, 6) is 0. The van der Waals surface area contributed by atoms with E-state index in [4.69, 9.17) is 5.26 Å². The lowest BCUT2D eigenvalue weighted by atomic mass is 10.0. The van der Waals surface area contributed by atoms with Crippen molar-refractivity contribution in [2.45, 2.75) is 63.6 Å². The normalized spacial score (nSPS) is 33.5. The summed E-state index contributed by atoms with van der Waals surface area (Å²) in [5, 5.41) is 12.4. The van der Waals surface area contributed by atoms with Crippen molar-refractivity contribution in [1.29, 1.82) is 5.26 Å². The molecule has 0 amide bonds. The van der Waals surface area contributed by atoms with E-state index < -0.39 is 0 Å². The number of nitrogens with one attached hydrogen (secondary N) is 1. The van der Waals surface area contributed by atoms with Crippen LogP contribution in [0.25, 0.3) is 0 Å². The van der Waals surface area contributed by atoms with E-state index in [9.17, 15) is 0 Å². The molecule has 2 unspecified atom stereocenters. The standard InChI is InChI=1S/C13H23N3/c1-11-7-9-15-10-13(6-8-14)16(11)12-4-2-3-5-12/h11-13,15H,2-7,9-10H2,1H3. The van der Waals surface area contributed by atoms with Crippen molar-refractivity contribution in [1.82, 2.24) is 10.2 Å². The summed E-state index contributed by atoms with van der Waals surface area (Å²) in [6.07, 6.45) is 7.33. The van der Waals surface area contributed by atoms with Crippen LogP contribution in [-0.4, -0.2) is 36.1 Å². The van der Waals surface area contributed by atoms with Gasteiger partial charge in [-0.05, 0) is 32.7 Å². The Morgan fingerprint density at radius 3 is 2.75 bits per heavy atom. The summed E-state index contributed by atoms with van der Waals surface area (Å²) >= 11 is 0. The van der Waals surface area contributed by atoms with Gasteiger partial charge >= 0.3 is 0 Å². The van der Waals surface area contributed by atoms with Crippen molar-refractivity contribution in [3.05, 3.63) is 0 Å². The molecule has 1 saturated heterocycles. The van der Waals surface area contributed by atoms with Crippen LogP contribution in [0.5, 0.6) is 0 Å². The Morgan fingerprint density at radius 2 is 2.06 bits per heavy atom. The van der Waals surface area contributed by atoms with Gasteiger partial charge in [0.2, 0.25) is 0 Å².